The van der Waals surface area contributed by atoms with Crippen molar-refractivity contribution < 1.29 is 27.4 Å². The van der Waals surface area contributed by atoms with Gasteiger partial charge in [-0.25, -0.2) is 0 Å². The smallest absolute Gasteiger partial charge is 0.465 e. The summed E-state index contributed by atoms with van der Waals surface area (Å²) in [6, 6.07) is 1.36. The summed E-state index contributed by atoms with van der Waals surface area (Å²) in [6.07, 6.45) is -4.85. The van der Waals surface area contributed by atoms with Crippen LogP contribution >= 0.6 is 0 Å². The number of nitriles is 1. The van der Waals surface area contributed by atoms with E-state index in [-0.39, 0.29) is 6.61 Å². The highest BCUT2D eigenvalue weighted by Gasteiger charge is 2.32. The Morgan fingerprint density at radius 1 is 1.57 bits per heavy atom. The molecule has 0 aromatic heterocycles. The van der Waals surface area contributed by atoms with E-state index in [9.17, 15) is 18.0 Å². The van der Waals surface area contributed by atoms with E-state index < -0.39 is 24.9 Å². The molecule has 0 heterocycles. The van der Waals surface area contributed by atoms with E-state index in [1.165, 1.54) is 13.0 Å². The van der Waals surface area contributed by atoms with Crippen LogP contribution in [0, 0.1) is 17.2 Å². The van der Waals surface area contributed by atoms with Gasteiger partial charge in [0.05, 0.1) is 19.3 Å². The van der Waals surface area contributed by atoms with E-state index in [4.69, 9.17) is 5.26 Å². The predicted octanol–water partition coefficient (Wildman–Crippen LogP) is 1.23. The molecule has 80 valence electrons. The Morgan fingerprint density at radius 3 is 2.50 bits per heavy atom. The van der Waals surface area contributed by atoms with Crippen molar-refractivity contribution in [2.75, 3.05) is 13.2 Å². The summed E-state index contributed by atoms with van der Waals surface area (Å²) in [5.41, 5.74) is 0. The van der Waals surface area contributed by atoms with Gasteiger partial charge in [-0.05, 0) is 6.92 Å². The van der Waals surface area contributed by atoms with Crippen molar-refractivity contribution >= 4 is 5.97 Å². The minimum Gasteiger partial charge on any atom is -0.465 e. The molecule has 0 aliphatic carbocycles. The molecule has 0 radical (unpaired) electrons. The first-order valence-electron chi connectivity index (χ1n) is 3.67. The zero-order valence-electron chi connectivity index (χ0n) is 7.30. The number of carbonyl (C=O) groups is 1. The van der Waals surface area contributed by atoms with Crippen LogP contribution in [0.1, 0.15) is 6.92 Å². The van der Waals surface area contributed by atoms with Crippen molar-refractivity contribution in [2.45, 2.75) is 13.3 Å². The first-order valence-corrected chi connectivity index (χ1v) is 3.67. The van der Waals surface area contributed by atoms with Crippen LogP contribution in [0.2, 0.25) is 0 Å². The standard InChI is InChI=1S/C7H8F3NO3/c1-2-13-6(12)5(3-11)4-14-7(8,9)10/h5H,2,4H2,1H3. The highest BCUT2D eigenvalue weighted by atomic mass is 19.4. The van der Waals surface area contributed by atoms with Gasteiger partial charge in [0, 0.05) is 0 Å². The average Bonchev–Trinajstić information content (AvgIpc) is 2.03. The summed E-state index contributed by atoms with van der Waals surface area (Å²) >= 11 is 0. The molecule has 0 spiro atoms. The number of alkyl halides is 3. The molecule has 7 heteroatoms. The van der Waals surface area contributed by atoms with Crippen molar-refractivity contribution in [1.82, 2.24) is 0 Å². The van der Waals surface area contributed by atoms with E-state index in [0.717, 1.165) is 0 Å². The Bertz CT molecular complexity index is 233. The molecule has 0 saturated heterocycles. The van der Waals surface area contributed by atoms with E-state index in [0.29, 0.717) is 0 Å². The summed E-state index contributed by atoms with van der Waals surface area (Å²) in [4.78, 5) is 10.8. The van der Waals surface area contributed by atoms with E-state index >= 15 is 0 Å². The fraction of sp³-hybridized carbons (Fsp3) is 0.714. The molecule has 0 aromatic carbocycles. The van der Waals surface area contributed by atoms with Crippen molar-refractivity contribution in [2.24, 2.45) is 5.92 Å². The Hall–Kier alpha value is -1.29. The molecular formula is C7H8F3NO3. The number of hydrogen-bond acceptors (Lipinski definition) is 4. The fourth-order valence-electron chi connectivity index (χ4n) is 0.579. The van der Waals surface area contributed by atoms with Gasteiger partial charge in [0.15, 0.2) is 5.92 Å². The van der Waals surface area contributed by atoms with Crippen LogP contribution in [0.3, 0.4) is 0 Å². The summed E-state index contributed by atoms with van der Waals surface area (Å²) < 4.78 is 42.2. The van der Waals surface area contributed by atoms with Crippen LogP contribution < -0.4 is 0 Å². The molecule has 4 nitrogen and oxygen atoms in total. The van der Waals surface area contributed by atoms with E-state index in [2.05, 4.69) is 9.47 Å². The SMILES string of the molecule is CCOC(=O)C(C#N)COC(F)(F)F. The van der Waals surface area contributed by atoms with E-state index in [1.54, 1.807) is 0 Å². The zero-order valence-corrected chi connectivity index (χ0v) is 7.30. The lowest BCUT2D eigenvalue weighted by Crippen LogP contribution is -2.25. The van der Waals surface area contributed by atoms with Crippen molar-refractivity contribution in [3.05, 3.63) is 0 Å². The maximum absolute atomic E-state index is 11.5. The van der Waals surface area contributed by atoms with Crippen LogP contribution in [-0.2, 0) is 14.3 Å². The van der Waals surface area contributed by atoms with Gasteiger partial charge in [-0.1, -0.05) is 0 Å². The second-order valence-corrected chi connectivity index (χ2v) is 2.19. The lowest BCUT2D eigenvalue weighted by Gasteiger charge is -2.10. The molecule has 0 bridgehead atoms. The molecule has 0 fully saturated rings. The maximum Gasteiger partial charge on any atom is 0.522 e. The molecule has 1 unspecified atom stereocenters. The third-order valence-electron chi connectivity index (χ3n) is 1.14. The first kappa shape index (κ1) is 12.7. The molecule has 0 aromatic rings. The number of esters is 1. The summed E-state index contributed by atoms with van der Waals surface area (Å²) in [7, 11) is 0. The highest BCUT2D eigenvalue weighted by molar-refractivity contribution is 5.75. The minimum absolute atomic E-state index is 0.00301. The summed E-state index contributed by atoms with van der Waals surface area (Å²) in [5.74, 6) is -2.56. The molecule has 0 aliphatic heterocycles. The topological polar surface area (TPSA) is 59.3 Å². The van der Waals surface area contributed by atoms with Gasteiger partial charge in [-0.3, -0.25) is 9.53 Å². The molecule has 0 rings (SSSR count). The highest BCUT2D eigenvalue weighted by Crippen LogP contribution is 2.17. The number of nitrogens with zero attached hydrogens (tertiary/aromatic N) is 1. The maximum atomic E-state index is 11.5. The van der Waals surface area contributed by atoms with E-state index in [1.807, 2.05) is 0 Å². The lowest BCUT2D eigenvalue weighted by atomic mass is 10.2. The van der Waals surface area contributed by atoms with Crippen molar-refractivity contribution in [3.8, 4) is 6.07 Å². The number of ether oxygens (including phenoxy) is 2. The Kier molecular flexibility index (Phi) is 4.94. The Balaban J connectivity index is 4.05. The third kappa shape index (κ3) is 5.37. The number of hydrogen-bond donors (Lipinski definition) is 0. The molecule has 0 saturated carbocycles. The number of halogens is 3. The third-order valence-corrected chi connectivity index (χ3v) is 1.14. The van der Waals surface area contributed by atoms with Gasteiger partial charge in [-0.15, -0.1) is 13.2 Å². The average molecular weight is 211 g/mol. The fourth-order valence-corrected chi connectivity index (χ4v) is 0.579. The lowest BCUT2D eigenvalue weighted by molar-refractivity contribution is -0.326. The van der Waals surface area contributed by atoms with Crippen LogP contribution in [0.15, 0.2) is 0 Å². The second-order valence-electron chi connectivity index (χ2n) is 2.19. The molecule has 0 N–H and O–H groups in total. The van der Waals surface area contributed by atoms with Gasteiger partial charge < -0.3 is 4.74 Å². The van der Waals surface area contributed by atoms with Gasteiger partial charge in [0.1, 0.15) is 0 Å². The quantitative estimate of drug-likeness (QED) is 0.656. The molecule has 14 heavy (non-hydrogen) atoms. The summed E-state index contributed by atoms with van der Waals surface area (Å²) in [6.45, 7) is 0.443. The second kappa shape index (κ2) is 5.44. The number of carbonyl (C=O) groups excluding carboxylic acids is 1. The Labute approximate surface area is 78.2 Å². The predicted molar refractivity (Wildman–Crippen MR) is 37.7 cm³/mol. The summed E-state index contributed by atoms with van der Waals surface area (Å²) in [5, 5.41) is 8.32. The van der Waals surface area contributed by atoms with Crippen LogP contribution in [0.25, 0.3) is 0 Å². The first-order chi connectivity index (χ1) is 6.40. The largest absolute Gasteiger partial charge is 0.522 e. The van der Waals surface area contributed by atoms with Gasteiger partial charge in [0.25, 0.3) is 0 Å². The number of rotatable bonds is 4. The normalized spacial score (nSPS) is 13.1. The van der Waals surface area contributed by atoms with Crippen LogP contribution in [0.4, 0.5) is 13.2 Å². The molecule has 1 atom stereocenters. The van der Waals surface area contributed by atoms with Crippen LogP contribution in [-0.4, -0.2) is 25.5 Å². The monoisotopic (exact) mass is 211 g/mol. The Morgan fingerprint density at radius 2 is 2.14 bits per heavy atom. The molecular weight excluding hydrogens is 203 g/mol. The van der Waals surface area contributed by atoms with Crippen molar-refractivity contribution in [3.63, 3.8) is 0 Å². The van der Waals surface area contributed by atoms with Crippen molar-refractivity contribution in [1.29, 1.82) is 5.26 Å². The molecule has 0 aliphatic rings. The molecule has 0 amide bonds. The van der Waals surface area contributed by atoms with Gasteiger partial charge in [-0.2, -0.15) is 5.26 Å². The van der Waals surface area contributed by atoms with Crippen LogP contribution in [0.5, 0.6) is 0 Å². The van der Waals surface area contributed by atoms with Gasteiger partial charge in [0.2, 0.25) is 0 Å². The minimum atomic E-state index is -4.85. The van der Waals surface area contributed by atoms with Gasteiger partial charge >= 0.3 is 12.3 Å². The zero-order chi connectivity index (χ0) is 11.2.